The number of carboxylic acids is 1. The highest BCUT2D eigenvalue weighted by Gasteiger charge is 2.40. The fourth-order valence-corrected chi connectivity index (χ4v) is 10.5. The third-order valence-electron chi connectivity index (χ3n) is 14.6. The molecule has 2 atom stereocenters. The molecule has 19 heteroatoms. The number of aromatic nitrogens is 3. The number of para-hydroxylation sites is 1. The van der Waals surface area contributed by atoms with Gasteiger partial charge in [0.15, 0.2) is 0 Å². The number of amides is 4. The fourth-order valence-electron chi connectivity index (χ4n) is 10.5. The molecule has 434 valence electrons. The lowest BCUT2D eigenvalue weighted by Crippen LogP contribution is -2.34. The topological polar surface area (TPSA) is 237 Å². The van der Waals surface area contributed by atoms with E-state index in [9.17, 15) is 29.1 Å². The maximum absolute atomic E-state index is 14.0. The van der Waals surface area contributed by atoms with E-state index in [-0.39, 0.29) is 87.1 Å². The van der Waals surface area contributed by atoms with Crippen LogP contribution < -0.4 is 30.9 Å². The number of nitrogens with one attached hydrogen (secondary N) is 4. The molecule has 2 aliphatic heterocycles. The van der Waals surface area contributed by atoms with Crippen LogP contribution in [0.1, 0.15) is 116 Å². The van der Waals surface area contributed by atoms with Crippen molar-refractivity contribution >= 4 is 46.7 Å². The van der Waals surface area contributed by atoms with Crippen LogP contribution >= 0.6 is 0 Å². The maximum atomic E-state index is 14.0. The van der Waals surface area contributed by atoms with Gasteiger partial charge < -0.3 is 50.2 Å². The summed E-state index contributed by atoms with van der Waals surface area (Å²) in [5, 5.41) is 31.8. The number of fused-ring (bicyclic) bond motifs is 7. The monoisotopic (exact) mass is 1120 g/mol. The largest absolute Gasteiger partial charge is 0.478 e. The van der Waals surface area contributed by atoms with Crippen LogP contribution in [0.15, 0.2) is 107 Å². The average molecular weight is 1120 g/mol. The first-order valence-electron chi connectivity index (χ1n) is 28.6. The Morgan fingerprint density at radius 1 is 0.793 bits per heavy atom. The van der Waals surface area contributed by atoms with Crippen LogP contribution in [0.4, 0.5) is 11.4 Å². The Morgan fingerprint density at radius 2 is 1.49 bits per heavy atom. The predicted molar refractivity (Wildman–Crippen MR) is 315 cm³/mol. The summed E-state index contributed by atoms with van der Waals surface area (Å²) in [4.78, 5) is 72.1. The summed E-state index contributed by atoms with van der Waals surface area (Å²) >= 11 is 0. The molecule has 4 aromatic carbocycles. The quantitative estimate of drug-likeness (QED) is 0.0295. The molecule has 19 nitrogen and oxygen atoms in total. The van der Waals surface area contributed by atoms with Gasteiger partial charge in [0.1, 0.15) is 17.2 Å². The van der Waals surface area contributed by atoms with E-state index in [1.807, 2.05) is 93.1 Å². The van der Waals surface area contributed by atoms with Crippen molar-refractivity contribution in [2.45, 2.75) is 92.7 Å². The molecule has 3 aliphatic rings. The molecule has 0 fully saturated rings. The van der Waals surface area contributed by atoms with Gasteiger partial charge in [-0.1, -0.05) is 73.7 Å². The van der Waals surface area contributed by atoms with E-state index in [0.717, 1.165) is 63.4 Å². The van der Waals surface area contributed by atoms with Gasteiger partial charge in [-0.3, -0.25) is 24.2 Å². The Labute approximate surface area is 479 Å². The second-order valence-electron chi connectivity index (χ2n) is 20.9. The highest BCUT2D eigenvalue weighted by molar-refractivity contribution is 6.09. The summed E-state index contributed by atoms with van der Waals surface area (Å²) in [7, 11) is 0. The number of carbonyl (C=O) groups is 5. The molecule has 0 spiro atoms. The molecule has 5 aromatic rings. The minimum atomic E-state index is -1.14. The van der Waals surface area contributed by atoms with E-state index in [2.05, 4.69) is 62.6 Å². The van der Waals surface area contributed by atoms with Crippen LogP contribution in [0.3, 0.4) is 0 Å². The maximum Gasteiger partial charge on any atom is 0.336 e. The van der Waals surface area contributed by atoms with Crippen molar-refractivity contribution in [2.24, 2.45) is 16.8 Å². The van der Waals surface area contributed by atoms with Gasteiger partial charge in [0.05, 0.1) is 68.8 Å². The van der Waals surface area contributed by atoms with Crippen molar-refractivity contribution in [2.75, 3.05) is 82.6 Å². The summed E-state index contributed by atoms with van der Waals surface area (Å²) in [5.41, 5.74) is 10.2. The highest BCUT2D eigenvalue weighted by Crippen LogP contribution is 2.50. The Bertz CT molecular complexity index is 3200. The molecular weight excluding hydrogens is 1040 g/mol. The second kappa shape index (κ2) is 29.1. The second-order valence-corrected chi connectivity index (χ2v) is 20.9. The van der Waals surface area contributed by atoms with E-state index in [1.165, 1.54) is 6.07 Å². The van der Waals surface area contributed by atoms with E-state index in [4.69, 9.17) is 18.9 Å². The lowest BCUT2D eigenvalue weighted by molar-refractivity contribution is -0.125. The number of rotatable bonds is 28. The summed E-state index contributed by atoms with van der Waals surface area (Å²) in [5.74, 6) is -0.852. The molecule has 3 heterocycles. The van der Waals surface area contributed by atoms with Gasteiger partial charge in [-0.2, -0.15) is 0 Å². The molecule has 1 aromatic heterocycles. The van der Waals surface area contributed by atoms with Gasteiger partial charge >= 0.3 is 5.97 Å². The number of aliphatic imine (C=N–C) groups is 1. The number of benzene rings is 4. The van der Waals surface area contributed by atoms with Crippen LogP contribution in [0, 0.1) is 18.8 Å². The number of hydrogen-bond donors (Lipinski definition) is 5. The van der Waals surface area contributed by atoms with Crippen molar-refractivity contribution < 1.29 is 48.0 Å². The zero-order valence-corrected chi connectivity index (χ0v) is 48.0. The number of ether oxygens (including phenoxy) is 4. The van der Waals surface area contributed by atoms with E-state index < -0.39 is 17.8 Å². The summed E-state index contributed by atoms with van der Waals surface area (Å²) in [6, 6.07) is 24.3. The van der Waals surface area contributed by atoms with Gasteiger partial charge in [0, 0.05) is 110 Å². The Balaban J connectivity index is 0.733. The normalized spacial score (nSPS) is 15.5. The summed E-state index contributed by atoms with van der Waals surface area (Å²) in [6.45, 7) is 17.2. The third kappa shape index (κ3) is 15.1. The van der Waals surface area contributed by atoms with Crippen molar-refractivity contribution in [3.05, 3.63) is 136 Å². The molecule has 8 rings (SSSR count). The lowest BCUT2D eigenvalue weighted by Gasteiger charge is -2.37. The number of anilines is 2. The van der Waals surface area contributed by atoms with Crippen LogP contribution in [-0.4, -0.2) is 128 Å². The number of carboxylic acid groups (broad SMARTS) is 1. The van der Waals surface area contributed by atoms with E-state index in [0.29, 0.717) is 86.7 Å². The van der Waals surface area contributed by atoms with Crippen LogP contribution in [-0.2, 0) is 41.7 Å². The minimum Gasteiger partial charge on any atom is -0.478 e. The third-order valence-corrected chi connectivity index (χ3v) is 14.6. The van der Waals surface area contributed by atoms with Gasteiger partial charge in [-0.25, -0.2) is 9.48 Å². The molecule has 0 bridgehead atoms. The molecule has 82 heavy (non-hydrogen) atoms. The Morgan fingerprint density at radius 3 is 2.22 bits per heavy atom. The van der Waals surface area contributed by atoms with Crippen molar-refractivity contribution in [1.29, 1.82) is 0 Å². The Hall–Kier alpha value is -8.00. The molecule has 2 unspecified atom stereocenters. The molecule has 0 saturated heterocycles. The number of nitrogens with zero attached hydrogens (tertiary/aromatic N) is 5. The van der Waals surface area contributed by atoms with Crippen LogP contribution in [0.5, 0.6) is 5.75 Å². The summed E-state index contributed by atoms with van der Waals surface area (Å²) in [6.07, 6.45) is 5.93. The number of aryl methyl sites for hydroxylation is 2. The molecule has 1 aliphatic carbocycles. The van der Waals surface area contributed by atoms with Gasteiger partial charge in [-0.15, -0.1) is 5.10 Å². The molecule has 0 saturated carbocycles. The number of carbonyl (C=O) groups excluding carboxylic acids is 4. The number of aromatic carboxylic acids is 1. The molecule has 4 amide bonds. The SMILES string of the molecule is CCN=C1C=C2Oc3cc(NCC)c(C)cc3C(c3ccc(C(=O)NCCOCCOCCOCCNC(=O)CCC(=O)N4Cc5ccccc5-c5c(nnn5CCCC(=O)NCCC(C)C)-c5ccccc54)cc3C(=O)O)C2C=C1C. The predicted octanol–water partition coefficient (Wildman–Crippen LogP) is 8.66. The smallest absolute Gasteiger partial charge is 0.336 e. The zero-order valence-electron chi connectivity index (χ0n) is 48.0. The molecule has 0 radical (unpaired) electrons. The van der Waals surface area contributed by atoms with Crippen molar-refractivity contribution in [3.63, 3.8) is 0 Å². The average Bonchev–Trinajstić information content (AvgIpc) is 4.02. The summed E-state index contributed by atoms with van der Waals surface area (Å²) < 4.78 is 25.3. The fraction of sp³-hybridized carbons (Fsp3) is 0.429. The van der Waals surface area contributed by atoms with Gasteiger partial charge in [-0.05, 0) is 93.0 Å². The first-order valence-corrected chi connectivity index (χ1v) is 28.6. The first-order chi connectivity index (χ1) is 39.8. The van der Waals surface area contributed by atoms with Crippen molar-refractivity contribution in [1.82, 2.24) is 30.9 Å². The first kappa shape index (κ1) is 60.1. The van der Waals surface area contributed by atoms with Crippen LogP contribution in [0.2, 0.25) is 0 Å². The molecule has 5 N–H and O–H groups in total. The Kier molecular flexibility index (Phi) is 21.3. The minimum absolute atomic E-state index is 0.00396. The van der Waals surface area contributed by atoms with E-state index >= 15 is 0 Å². The van der Waals surface area contributed by atoms with Crippen LogP contribution in [0.25, 0.3) is 22.5 Å². The molecular formula is C63H77N9O10. The lowest BCUT2D eigenvalue weighted by atomic mass is 9.73. The standard InChI is InChI=1S/C63H77N9O10/c1-7-64-51-37-54-49(34-41(51)5)59(50-35-42(6)52(65-8-2)38-55(50)82-54)46-20-19-43(36-48(46)63(77)78)62(76)68-26-29-80-31-33-81-32-30-79-28-25-67-57(74)21-22-58(75)71-39-44-14-9-10-15-45(44)61-60(47-16-11-12-17-53(47)71)69-70-72(61)27-13-18-56(73)66-24-23-40(3)4/h9-12,14-17,19-20,34-38,40,49,59,65H,7-8,13,18,21-33,39H2,1-6H3,(H,66,73)(H,67,74)(H,68,76)(H,77,78). The highest BCUT2D eigenvalue weighted by atomic mass is 16.5. The van der Waals surface area contributed by atoms with Crippen molar-refractivity contribution in [3.8, 4) is 28.3 Å². The zero-order chi connectivity index (χ0) is 58.1. The number of hydrogen-bond acceptors (Lipinski definition) is 13. The number of allylic oxidation sites excluding steroid dienone is 3. The van der Waals surface area contributed by atoms with Gasteiger partial charge in [0.2, 0.25) is 17.7 Å². The van der Waals surface area contributed by atoms with Gasteiger partial charge in [0.25, 0.3) is 5.91 Å². The van der Waals surface area contributed by atoms with E-state index in [1.54, 1.807) is 17.0 Å².